The van der Waals surface area contributed by atoms with Crippen LogP contribution in [0.4, 0.5) is 0 Å². The first-order chi connectivity index (χ1) is 7.66. The van der Waals surface area contributed by atoms with Crippen LogP contribution in [-0.2, 0) is 9.47 Å². The predicted molar refractivity (Wildman–Crippen MR) is 66.9 cm³/mol. The molecular formula is C14H26O3. The SMILES string of the molecule is CC1(C)CC(C(O)C2(C)CCCO2)C(C)(C)O1. The van der Waals surface area contributed by atoms with Crippen molar-refractivity contribution in [1.29, 1.82) is 0 Å². The van der Waals surface area contributed by atoms with Gasteiger partial charge in [-0.15, -0.1) is 0 Å². The standard InChI is InChI=1S/C14H26O3/c1-12(2)9-10(13(3,4)17-12)11(15)14(5)7-6-8-16-14/h10-11,15H,6-9H2,1-5H3. The Labute approximate surface area is 104 Å². The number of hydrogen-bond donors (Lipinski definition) is 1. The van der Waals surface area contributed by atoms with E-state index in [1.807, 2.05) is 6.92 Å². The van der Waals surface area contributed by atoms with Crippen molar-refractivity contribution in [3.63, 3.8) is 0 Å². The van der Waals surface area contributed by atoms with Crippen LogP contribution in [0.25, 0.3) is 0 Å². The number of aliphatic hydroxyl groups is 1. The zero-order valence-corrected chi connectivity index (χ0v) is 11.7. The molecule has 0 radical (unpaired) electrons. The van der Waals surface area contributed by atoms with E-state index in [0.29, 0.717) is 0 Å². The maximum Gasteiger partial charge on any atom is 0.0916 e. The van der Waals surface area contributed by atoms with Crippen LogP contribution < -0.4 is 0 Å². The second-order valence-electron chi connectivity index (χ2n) is 6.99. The largest absolute Gasteiger partial charge is 0.390 e. The van der Waals surface area contributed by atoms with Crippen molar-refractivity contribution < 1.29 is 14.6 Å². The van der Waals surface area contributed by atoms with Gasteiger partial charge in [0, 0.05) is 12.5 Å². The van der Waals surface area contributed by atoms with Gasteiger partial charge in [-0.3, -0.25) is 0 Å². The second-order valence-corrected chi connectivity index (χ2v) is 6.99. The van der Waals surface area contributed by atoms with E-state index >= 15 is 0 Å². The van der Waals surface area contributed by atoms with Crippen molar-refractivity contribution >= 4 is 0 Å². The molecule has 2 heterocycles. The minimum absolute atomic E-state index is 0.139. The molecule has 0 aromatic heterocycles. The minimum Gasteiger partial charge on any atom is -0.390 e. The summed E-state index contributed by atoms with van der Waals surface area (Å²) in [6.45, 7) is 11.2. The summed E-state index contributed by atoms with van der Waals surface area (Å²) in [7, 11) is 0. The third kappa shape index (κ3) is 2.38. The Morgan fingerprint density at radius 3 is 2.24 bits per heavy atom. The summed E-state index contributed by atoms with van der Waals surface area (Å²) in [6, 6.07) is 0. The van der Waals surface area contributed by atoms with Gasteiger partial charge in [-0.2, -0.15) is 0 Å². The van der Waals surface area contributed by atoms with Crippen LogP contribution in [0.2, 0.25) is 0 Å². The molecule has 2 rings (SSSR count). The van der Waals surface area contributed by atoms with E-state index in [1.54, 1.807) is 0 Å². The van der Waals surface area contributed by atoms with Gasteiger partial charge in [0.15, 0.2) is 0 Å². The smallest absolute Gasteiger partial charge is 0.0916 e. The van der Waals surface area contributed by atoms with Crippen LogP contribution in [0, 0.1) is 5.92 Å². The van der Waals surface area contributed by atoms with E-state index < -0.39 is 6.10 Å². The number of aliphatic hydroxyl groups excluding tert-OH is 1. The number of hydrogen-bond acceptors (Lipinski definition) is 3. The molecule has 2 aliphatic rings. The molecule has 0 spiro atoms. The molecule has 0 aromatic rings. The lowest BCUT2D eigenvalue weighted by atomic mass is 9.76. The first-order valence-electron chi connectivity index (χ1n) is 6.69. The van der Waals surface area contributed by atoms with Crippen LogP contribution in [0.1, 0.15) is 53.9 Å². The molecule has 3 nitrogen and oxygen atoms in total. The summed E-state index contributed by atoms with van der Waals surface area (Å²) in [4.78, 5) is 0. The van der Waals surface area contributed by atoms with Crippen molar-refractivity contribution in [1.82, 2.24) is 0 Å². The van der Waals surface area contributed by atoms with Gasteiger partial charge in [-0.05, 0) is 53.9 Å². The molecule has 3 unspecified atom stereocenters. The van der Waals surface area contributed by atoms with Crippen molar-refractivity contribution in [2.75, 3.05) is 6.61 Å². The summed E-state index contributed by atoms with van der Waals surface area (Å²) >= 11 is 0. The third-order valence-corrected chi connectivity index (χ3v) is 4.40. The van der Waals surface area contributed by atoms with Crippen LogP contribution >= 0.6 is 0 Å². The Kier molecular flexibility index (Phi) is 3.08. The summed E-state index contributed by atoms with van der Waals surface area (Å²) in [5.74, 6) is 0.139. The maximum atomic E-state index is 10.7. The monoisotopic (exact) mass is 242 g/mol. The van der Waals surface area contributed by atoms with E-state index in [1.165, 1.54) is 0 Å². The Hall–Kier alpha value is -0.120. The van der Waals surface area contributed by atoms with Crippen LogP contribution in [-0.4, -0.2) is 34.6 Å². The topological polar surface area (TPSA) is 38.7 Å². The molecule has 0 aromatic carbocycles. The molecule has 17 heavy (non-hydrogen) atoms. The highest BCUT2D eigenvalue weighted by atomic mass is 16.5. The second kappa shape index (κ2) is 3.94. The van der Waals surface area contributed by atoms with Gasteiger partial charge in [0.2, 0.25) is 0 Å². The highest BCUT2D eigenvalue weighted by Crippen LogP contribution is 2.47. The molecule has 0 bridgehead atoms. The lowest BCUT2D eigenvalue weighted by Crippen LogP contribution is -2.49. The summed E-state index contributed by atoms with van der Waals surface area (Å²) < 4.78 is 11.8. The zero-order chi connectivity index (χ0) is 12.9. The molecule has 100 valence electrons. The predicted octanol–water partition coefficient (Wildman–Crippen LogP) is 2.51. The summed E-state index contributed by atoms with van der Waals surface area (Å²) in [5, 5.41) is 10.7. The average Bonchev–Trinajstić information content (AvgIpc) is 2.67. The van der Waals surface area contributed by atoms with Crippen molar-refractivity contribution in [3.8, 4) is 0 Å². The quantitative estimate of drug-likeness (QED) is 0.808. The molecule has 2 saturated heterocycles. The maximum absolute atomic E-state index is 10.7. The Bertz CT molecular complexity index is 290. The van der Waals surface area contributed by atoms with Crippen LogP contribution in [0.3, 0.4) is 0 Å². The molecule has 2 fully saturated rings. The normalized spacial score (nSPS) is 41.6. The lowest BCUT2D eigenvalue weighted by molar-refractivity contribution is -0.136. The lowest BCUT2D eigenvalue weighted by Gasteiger charge is -2.38. The van der Waals surface area contributed by atoms with E-state index in [2.05, 4.69) is 27.7 Å². The molecule has 0 amide bonds. The van der Waals surface area contributed by atoms with E-state index in [9.17, 15) is 5.11 Å². The van der Waals surface area contributed by atoms with Gasteiger partial charge in [-0.1, -0.05) is 0 Å². The van der Waals surface area contributed by atoms with Gasteiger partial charge in [0.05, 0.1) is 22.9 Å². The van der Waals surface area contributed by atoms with Crippen molar-refractivity contribution in [3.05, 3.63) is 0 Å². The number of rotatable bonds is 2. The molecule has 0 saturated carbocycles. The van der Waals surface area contributed by atoms with Crippen molar-refractivity contribution in [2.24, 2.45) is 5.92 Å². The van der Waals surface area contributed by atoms with Crippen LogP contribution in [0.5, 0.6) is 0 Å². The van der Waals surface area contributed by atoms with Gasteiger partial charge < -0.3 is 14.6 Å². The Morgan fingerprint density at radius 2 is 1.82 bits per heavy atom. The average molecular weight is 242 g/mol. The van der Waals surface area contributed by atoms with Gasteiger partial charge in [0.25, 0.3) is 0 Å². The van der Waals surface area contributed by atoms with Gasteiger partial charge in [0.1, 0.15) is 0 Å². The van der Waals surface area contributed by atoms with Crippen LogP contribution in [0.15, 0.2) is 0 Å². The Balaban J connectivity index is 2.17. The molecule has 3 atom stereocenters. The van der Waals surface area contributed by atoms with E-state index in [0.717, 1.165) is 25.9 Å². The number of ether oxygens (including phenoxy) is 2. The fraction of sp³-hybridized carbons (Fsp3) is 1.00. The molecule has 1 N–H and O–H groups in total. The van der Waals surface area contributed by atoms with Gasteiger partial charge >= 0.3 is 0 Å². The van der Waals surface area contributed by atoms with E-state index in [-0.39, 0.29) is 22.7 Å². The first kappa shape index (κ1) is 13.3. The minimum atomic E-state index is -0.443. The third-order valence-electron chi connectivity index (χ3n) is 4.40. The molecule has 2 aliphatic heterocycles. The van der Waals surface area contributed by atoms with Crippen molar-refractivity contribution in [2.45, 2.75) is 76.8 Å². The van der Waals surface area contributed by atoms with Gasteiger partial charge in [-0.25, -0.2) is 0 Å². The fourth-order valence-electron chi connectivity index (χ4n) is 3.56. The summed E-state index contributed by atoms with van der Waals surface area (Å²) in [6.07, 6.45) is 2.44. The molecule has 0 aliphatic carbocycles. The highest BCUT2D eigenvalue weighted by molar-refractivity contribution is 5.03. The highest BCUT2D eigenvalue weighted by Gasteiger charge is 2.54. The first-order valence-corrected chi connectivity index (χ1v) is 6.69. The molecular weight excluding hydrogens is 216 g/mol. The van der Waals surface area contributed by atoms with E-state index in [4.69, 9.17) is 9.47 Å². The Morgan fingerprint density at radius 1 is 1.18 bits per heavy atom. The molecule has 3 heteroatoms. The fourth-order valence-corrected chi connectivity index (χ4v) is 3.56. The summed E-state index contributed by atoms with van der Waals surface area (Å²) in [5.41, 5.74) is -0.812. The zero-order valence-electron chi connectivity index (χ0n) is 11.7.